The zero-order valence-electron chi connectivity index (χ0n) is 14.8. The highest BCUT2D eigenvalue weighted by atomic mass is 16.5. The SMILES string of the molecule is C=CC(C)(CC)Oc1cccc(-c2cc(C#CC)cc(OC)c2)c1. The van der Waals surface area contributed by atoms with Crippen molar-refractivity contribution in [3.8, 4) is 34.5 Å². The summed E-state index contributed by atoms with van der Waals surface area (Å²) in [5, 5.41) is 0. The predicted molar refractivity (Wildman–Crippen MR) is 101 cm³/mol. The van der Waals surface area contributed by atoms with Crippen LogP contribution in [0.2, 0.25) is 0 Å². The molecule has 0 bridgehead atoms. The van der Waals surface area contributed by atoms with Crippen molar-refractivity contribution >= 4 is 0 Å². The van der Waals surface area contributed by atoms with E-state index in [0.717, 1.165) is 34.6 Å². The summed E-state index contributed by atoms with van der Waals surface area (Å²) in [5.41, 5.74) is 2.68. The van der Waals surface area contributed by atoms with E-state index in [4.69, 9.17) is 9.47 Å². The molecule has 0 N–H and O–H groups in total. The van der Waals surface area contributed by atoms with Crippen molar-refractivity contribution < 1.29 is 9.47 Å². The number of methoxy groups -OCH3 is 1. The van der Waals surface area contributed by atoms with E-state index in [1.165, 1.54) is 0 Å². The normalized spacial score (nSPS) is 12.5. The summed E-state index contributed by atoms with van der Waals surface area (Å²) in [6.07, 6.45) is 2.70. The third-order valence-corrected chi connectivity index (χ3v) is 4.06. The molecule has 2 nitrogen and oxygen atoms in total. The molecule has 124 valence electrons. The number of hydrogen-bond donors (Lipinski definition) is 0. The van der Waals surface area contributed by atoms with Gasteiger partial charge in [0, 0.05) is 5.56 Å². The quantitative estimate of drug-likeness (QED) is 0.519. The van der Waals surface area contributed by atoms with Crippen LogP contribution in [0, 0.1) is 11.8 Å². The minimum absolute atomic E-state index is 0.369. The van der Waals surface area contributed by atoms with Gasteiger partial charge in [0.15, 0.2) is 0 Å². The highest BCUT2D eigenvalue weighted by Crippen LogP contribution is 2.30. The van der Waals surface area contributed by atoms with Gasteiger partial charge in [0.1, 0.15) is 17.1 Å². The summed E-state index contributed by atoms with van der Waals surface area (Å²) in [5.74, 6) is 7.63. The van der Waals surface area contributed by atoms with Gasteiger partial charge in [-0.2, -0.15) is 0 Å². The molecule has 2 heteroatoms. The molecule has 0 spiro atoms. The van der Waals surface area contributed by atoms with Crippen molar-refractivity contribution in [1.82, 2.24) is 0 Å². The molecule has 1 unspecified atom stereocenters. The standard InChI is InChI=1S/C22H24O2/c1-6-10-17-13-19(16-21(14-17)23-5)18-11-9-12-20(15-18)24-22(4,7-2)8-3/h7,9,11-16H,2,8H2,1,3-5H3. The lowest BCUT2D eigenvalue weighted by atomic mass is 10.0. The largest absolute Gasteiger partial charge is 0.497 e. The Morgan fingerprint density at radius 1 is 1.12 bits per heavy atom. The van der Waals surface area contributed by atoms with Gasteiger partial charge >= 0.3 is 0 Å². The number of hydrogen-bond acceptors (Lipinski definition) is 2. The summed E-state index contributed by atoms with van der Waals surface area (Å²) in [6.45, 7) is 9.83. The smallest absolute Gasteiger partial charge is 0.124 e. The Kier molecular flexibility index (Phi) is 5.71. The van der Waals surface area contributed by atoms with Gasteiger partial charge in [-0.15, -0.1) is 5.92 Å². The zero-order chi connectivity index (χ0) is 17.6. The van der Waals surface area contributed by atoms with Gasteiger partial charge in [0.05, 0.1) is 7.11 Å². The van der Waals surface area contributed by atoms with Gasteiger partial charge in [-0.1, -0.05) is 31.6 Å². The monoisotopic (exact) mass is 320 g/mol. The van der Waals surface area contributed by atoms with Gasteiger partial charge in [-0.05, 0) is 67.8 Å². The van der Waals surface area contributed by atoms with E-state index in [1.54, 1.807) is 7.11 Å². The molecule has 1 atom stereocenters. The van der Waals surface area contributed by atoms with Crippen LogP contribution >= 0.6 is 0 Å². The second-order valence-electron chi connectivity index (χ2n) is 5.83. The van der Waals surface area contributed by atoms with Crippen molar-refractivity contribution in [2.75, 3.05) is 7.11 Å². The highest BCUT2D eigenvalue weighted by molar-refractivity contribution is 5.69. The molecule has 0 fully saturated rings. The van der Waals surface area contributed by atoms with Crippen molar-refractivity contribution in [3.63, 3.8) is 0 Å². The Balaban J connectivity index is 2.42. The lowest BCUT2D eigenvalue weighted by Gasteiger charge is -2.26. The van der Waals surface area contributed by atoms with Crippen LogP contribution in [-0.2, 0) is 0 Å². The summed E-state index contributed by atoms with van der Waals surface area (Å²) in [7, 11) is 1.67. The van der Waals surface area contributed by atoms with Crippen LogP contribution in [0.1, 0.15) is 32.8 Å². The first-order chi connectivity index (χ1) is 11.5. The second-order valence-corrected chi connectivity index (χ2v) is 5.83. The summed E-state index contributed by atoms with van der Waals surface area (Å²) in [4.78, 5) is 0. The molecule has 0 saturated carbocycles. The summed E-state index contributed by atoms with van der Waals surface area (Å²) < 4.78 is 11.5. The average molecular weight is 320 g/mol. The maximum atomic E-state index is 6.12. The third kappa shape index (κ3) is 4.20. The van der Waals surface area contributed by atoms with Crippen LogP contribution in [0.5, 0.6) is 11.5 Å². The Labute approximate surface area is 145 Å². The molecule has 0 radical (unpaired) electrons. The van der Waals surface area contributed by atoms with E-state index >= 15 is 0 Å². The molecule has 0 saturated heterocycles. The van der Waals surface area contributed by atoms with Gasteiger partial charge in [0.2, 0.25) is 0 Å². The Morgan fingerprint density at radius 3 is 2.50 bits per heavy atom. The van der Waals surface area contributed by atoms with E-state index in [1.807, 2.05) is 50.3 Å². The Bertz CT molecular complexity index is 780. The highest BCUT2D eigenvalue weighted by Gasteiger charge is 2.19. The van der Waals surface area contributed by atoms with E-state index in [9.17, 15) is 0 Å². The lowest BCUT2D eigenvalue weighted by molar-refractivity contribution is 0.137. The lowest BCUT2D eigenvalue weighted by Crippen LogP contribution is -2.28. The van der Waals surface area contributed by atoms with Crippen LogP contribution in [0.3, 0.4) is 0 Å². The third-order valence-electron chi connectivity index (χ3n) is 4.06. The van der Waals surface area contributed by atoms with Crippen LogP contribution in [0.4, 0.5) is 0 Å². The summed E-state index contributed by atoms with van der Waals surface area (Å²) in [6, 6.07) is 14.1. The first kappa shape index (κ1) is 17.7. The number of rotatable bonds is 6. The molecule has 2 aromatic rings. The van der Waals surface area contributed by atoms with Gasteiger partial charge in [-0.3, -0.25) is 0 Å². The Hall–Kier alpha value is -2.66. The van der Waals surface area contributed by atoms with Gasteiger partial charge < -0.3 is 9.47 Å². The van der Waals surface area contributed by atoms with Crippen molar-refractivity contribution in [1.29, 1.82) is 0 Å². The Morgan fingerprint density at radius 2 is 1.88 bits per heavy atom. The maximum absolute atomic E-state index is 6.12. The van der Waals surface area contributed by atoms with Crippen molar-refractivity contribution in [2.45, 2.75) is 32.8 Å². The van der Waals surface area contributed by atoms with Gasteiger partial charge in [-0.25, -0.2) is 0 Å². The number of ether oxygens (including phenoxy) is 2. The molecule has 24 heavy (non-hydrogen) atoms. The summed E-state index contributed by atoms with van der Waals surface area (Å²) >= 11 is 0. The first-order valence-electron chi connectivity index (χ1n) is 8.08. The minimum Gasteiger partial charge on any atom is -0.497 e. The second kappa shape index (κ2) is 7.75. The fourth-order valence-electron chi connectivity index (χ4n) is 2.37. The molecule has 0 aromatic heterocycles. The maximum Gasteiger partial charge on any atom is 0.124 e. The molecule has 0 heterocycles. The van der Waals surface area contributed by atoms with Crippen LogP contribution in [0.15, 0.2) is 55.1 Å². The van der Waals surface area contributed by atoms with Crippen LogP contribution in [0.25, 0.3) is 11.1 Å². The fraction of sp³-hybridized carbons (Fsp3) is 0.273. The molecule has 0 aliphatic rings. The van der Waals surface area contributed by atoms with E-state index in [-0.39, 0.29) is 5.60 Å². The molecule has 2 aromatic carbocycles. The molecule has 2 rings (SSSR count). The molecular formula is C22H24O2. The van der Waals surface area contributed by atoms with Crippen LogP contribution < -0.4 is 9.47 Å². The topological polar surface area (TPSA) is 18.5 Å². The average Bonchev–Trinajstić information content (AvgIpc) is 2.61. The van der Waals surface area contributed by atoms with E-state index in [2.05, 4.69) is 37.5 Å². The van der Waals surface area contributed by atoms with Crippen LogP contribution in [-0.4, -0.2) is 12.7 Å². The molecular weight excluding hydrogens is 296 g/mol. The molecule has 0 aliphatic heterocycles. The van der Waals surface area contributed by atoms with E-state index < -0.39 is 0 Å². The van der Waals surface area contributed by atoms with Crippen molar-refractivity contribution in [2.24, 2.45) is 0 Å². The predicted octanol–water partition coefficient (Wildman–Crippen LogP) is 5.47. The van der Waals surface area contributed by atoms with E-state index in [0.29, 0.717) is 0 Å². The molecule has 0 aliphatic carbocycles. The van der Waals surface area contributed by atoms with Gasteiger partial charge in [0.25, 0.3) is 0 Å². The first-order valence-corrected chi connectivity index (χ1v) is 8.08. The minimum atomic E-state index is -0.369. The van der Waals surface area contributed by atoms with Crippen molar-refractivity contribution in [3.05, 3.63) is 60.7 Å². The number of benzene rings is 2. The fourth-order valence-corrected chi connectivity index (χ4v) is 2.37. The zero-order valence-corrected chi connectivity index (χ0v) is 14.8. The molecule has 0 amide bonds.